The third kappa shape index (κ3) is 2.95. The lowest BCUT2D eigenvalue weighted by Crippen LogP contribution is -2.30. The van der Waals surface area contributed by atoms with Gasteiger partial charge in [0.05, 0.1) is 29.9 Å². The summed E-state index contributed by atoms with van der Waals surface area (Å²) >= 11 is 5.83. The van der Waals surface area contributed by atoms with Crippen LogP contribution in [0.2, 0.25) is 5.02 Å². The Balaban J connectivity index is 0.000000138. The fourth-order valence-electron chi connectivity index (χ4n) is 1.45. The number of halogens is 1. The molecule has 1 aromatic carbocycles. The van der Waals surface area contributed by atoms with Gasteiger partial charge in [-0.15, -0.1) is 0 Å². The zero-order chi connectivity index (χ0) is 11.2. The minimum Gasteiger partial charge on any atom is -0.379 e. The fraction of sp³-hybridized carbons (Fsp3) is 0.364. The summed E-state index contributed by atoms with van der Waals surface area (Å²) in [5, 5.41) is 11.6. The summed E-state index contributed by atoms with van der Waals surface area (Å²) in [6.07, 6.45) is 1.75. The van der Waals surface area contributed by atoms with Gasteiger partial charge in [-0.2, -0.15) is 5.10 Å². The Kier molecular flexibility index (Phi) is 4.16. The third-order valence-electron chi connectivity index (χ3n) is 2.27. The van der Waals surface area contributed by atoms with Gasteiger partial charge in [0.1, 0.15) is 0 Å². The van der Waals surface area contributed by atoms with E-state index in [0.29, 0.717) is 0 Å². The first-order valence-corrected chi connectivity index (χ1v) is 5.62. The van der Waals surface area contributed by atoms with Crippen molar-refractivity contribution in [2.24, 2.45) is 0 Å². The summed E-state index contributed by atoms with van der Waals surface area (Å²) in [5.41, 5.74) is 0.907. The van der Waals surface area contributed by atoms with E-state index in [4.69, 9.17) is 16.3 Å². The SMILES string of the molecule is C1COCCN1.Clc1cccc2cn[nH]c12. The van der Waals surface area contributed by atoms with Gasteiger partial charge in [0, 0.05) is 18.5 Å². The number of aromatic amines is 1. The van der Waals surface area contributed by atoms with Crippen LogP contribution in [0.1, 0.15) is 0 Å². The number of benzene rings is 1. The molecule has 2 aromatic rings. The number of rotatable bonds is 0. The summed E-state index contributed by atoms with van der Waals surface area (Å²) in [4.78, 5) is 0. The van der Waals surface area contributed by atoms with Crippen molar-refractivity contribution in [3.05, 3.63) is 29.4 Å². The van der Waals surface area contributed by atoms with Crippen LogP contribution in [0.3, 0.4) is 0 Å². The van der Waals surface area contributed by atoms with E-state index in [0.717, 1.165) is 42.2 Å². The van der Waals surface area contributed by atoms with E-state index >= 15 is 0 Å². The van der Waals surface area contributed by atoms with Gasteiger partial charge in [-0.25, -0.2) is 0 Å². The highest BCUT2D eigenvalue weighted by molar-refractivity contribution is 6.34. The standard InChI is InChI=1S/C7H5ClN2.C4H9NO/c8-6-3-1-2-5-4-9-10-7(5)6;1-3-6-4-2-5-1/h1-4H,(H,9,10);5H,1-4H2. The van der Waals surface area contributed by atoms with Crippen LogP contribution in [0.25, 0.3) is 10.9 Å². The van der Waals surface area contributed by atoms with Gasteiger partial charge < -0.3 is 10.1 Å². The molecule has 0 bridgehead atoms. The van der Waals surface area contributed by atoms with Crippen molar-refractivity contribution in [1.29, 1.82) is 0 Å². The molecule has 16 heavy (non-hydrogen) atoms. The molecule has 0 atom stereocenters. The third-order valence-corrected chi connectivity index (χ3v) is 2.59. The van der Waals surface area contributed by atoms with Crippen LogP contribution < -0.4 is 5.32 Å². The van der Waals surface area contributed by atoms with Gasteiger partial charge in [0.15, 0.2) is 0 Å². The predicted octanol–water partition coefficient (Wildman–Crippen LogP) is 1.82. The number of H-pyrrole nitrogens is 1. The first-order chi connectivity index (χ1) is 7.88. The number of ether oxygens (including phenoxy) is 1. The van der Waals surface area contributed by atoms with Gasteiger partial charge in [-0.05, 0) is 6.07 Å². The Morgan fingerprint density at radius 1 is 1.25 bits per heavy atom. The summed E-state index contributed by atoms with van der Waals surface area (Å²) in [6.45, 7) is 3.83. The Hall–Kier alpha value is -1.10. The molecule has 0 saturated carbocycles. The van der Waals surface area contributed by atoms with Crippen molar-refractivity contribution >= 4 is 22.5 Å². The molecule has 1 aliphatic heterocycles. The Labute approximate surface area is 98.9 Å². The van der Waals surface area contributed by atoms with Crippen LogP contribution in [0.15, 0.2) is 24.4 Å². The van der Waals surface area contributed by atoms with Crippen molar-refractivity contribution in [3.8, 4) is 0 Å². The Morgan fingerprint density at radius 3 is 2.62 bits per heavy atom. The molecule has 2 heterocycles. The highest BCUT2D eigenvalue weighted by atomic mass is 35.5. The Morgan fingerprint density at radius 2 is 2.06 bits per heavy atom. The van der Waals surface area contributed by atoms with Gasteiger partial charge in [-0.1, -0.05) is 23.7 Å². The predicted molar refractivity (Wildman–Crippen MR) is 64.8 cm³/mol. The van der Waals surface area contributed by atoms with E-state index in [1.54, 1.807) is 6.20 Å². The van der Waals surface area contributed by atoms with E-state index in [9.17, 15) is 0 Å². The maximum absolute atomic E-state index is 5.83. The molecule has 86 valence electrons. The summed E-state index contributed by atoms with van der Waals surface area (Å²) in [7, 11) is 0. The van der Waals surface area contributed by atoms with Gasteiger partial charge in [0.2, 0.25) is 0 Å². The van der Waals surface area contributed by atoms with Gasteiger partial charge in [-0.3, -0.25) is 5.10 Å². The van der Waals surface area contributed by atoms with E-state index in [2.05, 4.69) is 15.5 Å². The number of hydrogen-bond acceptors (Lipinski definition) is 3. The fourth-order valence-corrected chi connectivity index (χ4v) is 1.67. The molecule has 1 fully saturated rings. The maximum Gasteiger partial charge on any atom is 0.0836 e. The first kappa shape index (κ1) is 11.4. The maximum atomic E-state index is 5.83. The van der Waals surface area contributed by atoms with Crippen molar-refractivity contribution in [2.45, 2.75) is 0 Å². The molecule has 1 saturated heterocycles. The zero-order valence-electron chi connectivity index (χ0n) is 8.87. The molecule has 2 N–H and O–H groups in total. The summed E-state index contributed by atoms with van der Waals surface area (Å²) < 4.78 is 5.01. The second kappa shape index (κ2) is 5.84. The molecule has 0 aliphatic carbocycles. The van der Waals surface area contributed by atoms with Crippen molar-refractivity contribution in [1.82, 2.24) is 15.5 Å². The lowest BCUT2D eigenvalue weighted by molar-refractivity contribution is 0.109. The average molecular weight is 240 g/mol. The van der Waals surface area contributed by atoms with Gasteiger partial charge >= 0.3 is 0 Å². The largest absolute Gasteiger partial charge is 0.379 e. The van der Waals surface area contributed by atoms with Crippen LogP contribution in [0.4, 0.5) is 0 Å². The number of nitrogens with one attached hydrogen (secondary N) is 2. The zero-order valence-corrected chi connectivity index (χ0v) is 9.63. The van der Waals surface area contributed by atoms with E-state index in [-0.39, 0.29) is 0 Å². The van der Waals surface area contributed by atoms with Crippen LogP contribution in [0, 0.1) is 0 Å². The van der Waals surface area contributed by atoms with E-state index in [1.165, 1.54) is 0 Å². The lowest BCUT2D eigenvalue weighted by atomic mass is 10.3. The minimum absolute atomic E-state index is 0.718. The van der Waals surface area contributed by atoms with Gasteiger partial charge in [0.25, 0.3) is 0 Å². The number of para-hydroxylation sites is 1. The second-order valence-corrected chi connectivity index (χ2v) is 3.84. The van der Waals surface area contributed by atoms with Crippen molar-refractivity contribution in [2.75, 3.05) is 26.3 Å². The number of morpholine rings is 1. The molecular weight excluding hydrogens is 226 g/mol. The summed E-state index contributed by atoms with van der Waals surface area (Å²) in [5.74, 6) is 0. The molecule has 0 amide bonds. The second-order valence-electron chi connectivity index (χ2n) is 3.44. The highest BCUT2D eigenvalue weighted by Gasteiger charge is 1.97. The van der Waals surface area contributed by atoms with Crippen LogP contribution in [0.5, 0.6) is 0 Å². The van der Waals surface area contributed by atoms with Crippen LogP contribution >= 0.6 is 11.6 Å². The van der Waals surface area contributed by atoms with Crippen LogP contribution in [-0.2, 0) is 4.74 Å². The lowest BCUT2D eigenvalue weighted by Gasteiger charge is -2.10. The highest BCUT2D eigenvalue weighted by Crippen LogP contribution is 2.19. The van der Waals surface area contributed by atoms with E-state index < -0.39 is 0 Å². The molecule has 1 aromatic heterocycles. The monoisotopic (exact) mass is 239 g/mol. The number of fused-ring (bicyclic) bond motifs is 1. The number of hydrogen-bond donors (Lipinski definition) is 2. The van der Waals surface area contributed by atoms with Crippen molar-refractivity contribution < 1.29 is 4.74 Å². The molecule has 1 aliphatic rings. The molecule has 4 nitrogen and oxygen atoms in total. The van der Waals surface area contributed by atoms with E-state index in [1.807, 2.05) is 18.2 Å². The average Bonchev–Trinajstić information content (AvgIpc) is 2.82. The smallest absolute Gasteiger partial charge is 0.0836 e. The van der Waals surface area contributed by atoms with Crippen LogP contribution in [-0.4, -0.2) is 36.5 Å². The molecule has 5 heteroatoms. The molecule has 0 spiro atoms. The molecular formula is C11H14ClN3O. The summed E-state index contributed by atoms with van der Waals surface area (Å²) in [6, 6.07) is 5.70. The minimum atomic E-state index is 0.718. The molecule has 0 radical (unpaired) electrons. The Bertz CT molecular complexity index is 428. The first-order valence-electron chi connectivity index (χ1n) is 5.24. The number of aromatic nitrogens is 2. The molecule has 3 rings (SSSR count). The van der Waals surface area contributed by atoms with Crippen molar-refractivity contribution in [3.63, 3.8) is 0 Å². The number of nitrogens with zero attached hydrogens (tertiary/aromatic N) is 1. The topological polar surface area (TPSA) is 49.9 Å². The molecule has 0 unspecified atom stereocenters. The quantitative estimate of drug-likeness (QED) is 0.738. The normalized spacial score (nSPS) is 15.6.